The monoisotopic (exact) mass is 467 g/mol. The van der Waals surface area contributed by atoms with Crippen LogP contribution in [0.1, 0.15) is 45.1 Å². The average Bonchev–Trinajstić information content (AvgIpc) is 2.85. The largest absolute Gasteiger partial charge is 0.492 e. The molecule has 0 spiro atoms. The Balaban J connectivity index is 1.46. The van der Waals surface area contributed by atoms with Crippen LogP contribution in [0.2, 0.25) is 0 Å². The van der Waals surface area contributed by atoms with E-state index in [1.54, 1.807) is 6.20 Å². The van der Waals surface area contributed by atoms with Crippen LogP contribution in [0.3, 0.4) is 0 Å². The molecule has 3 rings (SSSR count). The van der Waals surface area contributed by atoms with E-state index in [9.17, 15) is 14.7 Å². The summed E-state index contributed by atoms with van der Waals surface area (Å²) in [5.74, 6) is 1.66. The van der Waals surface area contributed by atoms with Gasteiger partial charge in [-0.25, -0.2) is 9.78 Å². The molecule has 1 aromatic heterocycles. The predicted molar refractivity (Wildman–Crippen MR) is 133 cm³/mol. The Labute approximate surface area is 202 Å². The van der Waals surface area contributed by atoms with Crippen LogP contribution in [0, 0.1) is 17.8 Å². The van der Waals surface area contributed by atoms with Crippen molar-refractivity contribution in [2.75, 3.05) is 25.1 Å². The minimum atomic E-state index is -1.01. The number of nitrogens with one attached hydrogen (secondary N) is 1. The number of anilines is 1. The van der Waals surface area contributed by atoms with Crippen LogP contribution in [0.4, 0.5) is 5.82 Å². The molecule has 34 heavy (non-hydrogen) atoms. The van der Waals surface area contributed by atoms with Crippen molar-refractivity contribution in [3.63, 3.8) is 0 Å². The van der Waals surface area contributed by atoms with E-state index < -0.39 is 12.0 Å². The van der Waals surface area contributed by atoms with Crippen molar-refractivity contribution in [1.82, 2.24) is 10.3 Å². The summed E-state index contributed by atoms with van der Waals surface area (Å²) in [6, 6.07) is 12.2. The molecule has 184 valence electrons. The second-order valence-electron chi connectivity index (χ2n) is 9.56. The summed E-state index contributed by atoms with van der Waals surface area (Å²) in [5.41, 5.74) is 0.842. The highest BCUT2D eigenvalue weighted by atomic mass is 16.5. The molecule has 0 bridgehead atoms. The van der Waals surface area contributed by atoms with E-state index in [1.165, 1.54) is 0 Å². The lowest BCUT2D eigenvalue weighted by Crippen LogP contribution is -2.45. The maximum absolute atomic E-state index is 12.7. The number of hydrogen-bond acceptors (Lipinski definition) is 5. The number of benzene rings is 1. The van der Waals surface area contributed by atoms with E-state index in [0.717, 1.165) is 42.8 Å². The lowest BCUT2D eigenvalue weighted by Gasteiger charge is -2.30. The van der Waals surface area contributed by atoms with E-state index in [2.05, 4.69) is 24.1 Å². The molecule has 1 aliphatic rings. The zero-order valence-corrected chi connectivity index (χ0v) is 20.4. The Kier molecular flexibility index (Phi) is 9.31. The molecule has 1 heterocycles. The van der Waals surface area contributed by atoms with Gasteiger partial charge in [-0.05, 0) is 67.3 Å². The lowest BCUT2D eigenvalue weighted by atomic mass is 9.76. The quantitative estimate of drug-likeness (QED) is 0.515. The van der Waals surface area contributed by atoms with E-state index in [1.807, 2.05) is 54.4 Å². The van der Waals surface area contributed by atoms with Gasteiger partial charge in [0.05, 0.1) is 6.54 Å². The van der Waals surface area contributed by atoms with E-state index >= 15 is 0 Å². The summed E-state index contributed by atoms with van der Waals surface area (Å²) >= 11 is 0. The zero-order valence-electron chi connectivity index (χ0n) is 20.4. The fourth-order valence-corrected chi connectivity index (χ4v) is 4.49. The van der Waals surface area contributed by atoms with Gasteiger partial charge in [-0.1, -0.05) is 32.0 Å². The molecule has 2 aromatic rings. The lowest BCUT2D eigenvalue weighted by molar-refractivity contribution is -0.142. The molecule has 0 aliphatic heterocycles. The minimum Gasteiger partial charge on any atom is -0.492 e. The van der Waals surface area contributed by atoms with Crippen molar-refractivity contribution >= 4 is 17.7 Å². The average molecular weight is 468 g/mol. The number of hydrogen-bond donors (Lipinski definition) is 2. The van der Waals surface area contributed by atoms with Gasteiger partial charge < -0.3 is 20.1 Å². The number of rotatable bonds is 11. The normalized spacial score (nSPS) is 18.8. The first kappa shape index (κ1) is 25.5. The number of likely N-dealkylation sites (N-methyl/N-ethyl adjacent to an activating group) is 1. The van der Waals surface area contributed by atoms with E-state index in [4.69, 9.17) is 4.74 Å². The Morgan fingerprint density at radius 2 is 1.82 bits per heavy atom. The summed E-state index contributed by atoms with van der Waals surface area (Å²) < 4.78 is 5.82. The van der Waals surface area contributed by atoms with Gasteiger partial charge in [-0.15, -0.1) is 0 Å². The maximum Gasteiger partial charge on any atom is 0.326 e. The molecule has 7 nitrogen and oxygen atoms in total. The number of aromatic nitrogens is 1. The third kappa shape index (κ3) is 7.47. The molecular weight excluding hydrogens is 430 g/mol. The van der Waals surface area contributed by atoms with Gasteiger partial charge in [-0.2, -0.15) is 0 Å². The number of nitrogens with zero attached hydrogens (tertiary/aromatic N) is 2. The number of carbonyl (C=O) groups is 2. The number of amides is 1. The second-order valence-corrected chi connectivity index (χ2v) is 9.56. The van der Waals surface area contributed by atoms with Crippen molar-refractivity contribution in [3.8, 4) is 5.75 Å². The number of aliphatic carboxylic acids is 1. The van der Waals surface area contributed by atoms with E-state index in [-0.39, 0.29) is 18.2 Å². The molecule has 1 amide bonds. The highest BCUT2D eigenvalue weighted by Crippen LogP contribution is 2.33. The molecule has 0 saturated heterocycles. The van der Waals surface area contributed by atoms with E-state index in [0.29, 0.717) is 25.0 Å². The molecule has 7 heteroatoms. The van der Waals surface area contributed by atoms with Crippen LogP contribution in [-0.2, 0) is 16.0 Å². The summed E-state index contributed by atoms with van der Waals surface area (Å²) in [6.45, 7) is 5.63. The van der Waals surface area contributed by atoms with Crippen LogP contribution >= 0.6 is 0 Å². The van der Waals surface area contributed by atoms with Crippen LogP contribution in [0.5, 0.6) is 5.75 Å². The van der Waals surface area contributed by atoms with Crippen LogP contribution in [0.25, 0.3) is 0 Å². The highest BCUT2D eigenvalue weighted by Gasteiger charge is 2.30. The number of carboxylic acid groups (broad SMARTS) is 1. The molecular formula is C27H37N3O4. The summed E-state index contributed by atoms with van der Waals surface area (Å²) in [5, 5.41) is 12.4. The summed E-state index contributed by atoms with van der Waals surface area (Å²) in [7, 11) is 1.96. The Morgan fingerprint density at radius 3 is 2.41 bits per heavy atom. The predicted octanol–water partition coefficient (Wildman–Crippen LogP) is 4.17. The molecule has 1 aliphatic carbocycles. The van der Waals surface area contributed by atoms with Crippen molar-refractivity contribution < 1.29 is 19.4 Å². The molecule has 2 N–H and O–H groups in total. The fraction of sp³-hybridized carbons (Fsp3) is 0.519. The number of pyridine rings is 1. The molecule has 0 unspecified atom stereocenters. The third-order valence-corrected chi connectivity index (χ3v) is 6.80. The first-order valence-electron chi connectivity index (χ1n) is 12.2. The standard InChI is InChI=1S/C27H37N3O4/c1-19(2)21-9-11-22(12-10-21)26(31)29-24(27(32)33)18-20-7-13-23(14-8-20)34-17-16-30(3)25-6-4-5-15-28-25/h4-8,13-15,19,21-22,24H,9-12,16-18H2,1-3H3,(H,29,31)(H,32,33)/t21?,22?,24-/m1/s1. The first-order valence-corrected chi connectivity index (χ1v) is 12.2. The van der Waals surface area contributed by atoms with Crippen molar-refractivity contribution in [2.24, 2.45) is 17.8 Å². The third-order valence-electron chi connectivity index (χ3n) is 6.80. The van der Waals surface area contributed by atoms with Gasteiger partial charge in [-0.3, -0.25) is 4.79 Å². The highest BCUT2D eigenvalue weighted by molar-refractivity contribution is 5.85. The summed E-state index contributed by atoms with van der Waals surface area (Å²) in [4.78, 5) is 30.8. The minimum absolute atomic E-state index is 0.0863. The van der Waals surface area contributed by atoms with Gasteiger partial charge in [0.15, 0.2) is 0 Å². The number of ether oxygens (including phenoxy) is 1. The van der Waals surface area contributed by atoms with Gasteiger partial charge in [0.1, 0.15) is 24.2 Å². The Hall–Kier alpha value is -3.09. The Bertz CT molecular complexity index is 909. The topological polar surface area (TPSA) is 91.8 Å². The molecule has 1 saturated carbocycles. The smallest absolute Gasteiger partial charge is 0.326 e. The summed E-state index contributed by atoms with van der Waals surface area (Å²) in [6.07, 6.45) is 5.74. The Morgan fingerprint density at radius 1 is 1.12 bits per heavy atom. The SMILES string of the molecule is CC(C)C1CCC(C(=O)N[C@H](Cc2ccc(OCCN(C)c3ccccn3)cc2)C(=O)O)CC1. The van der Waals surface area contributed by atoms with Gasteiger partial charge >= 0.3 is 5.97 Å². The second kappa shape index (κ2) is 12.4. The van der Waals surface area contributed by atoms with Crippen LogP contribution < -0.4 is 15.0 Å². The fourth-order valence-electron chi connectivity index (χ4n) is 4.49. The number of carboxylic acids is 1. The maximum atomic E-state index is 12.7. The van der Waals surface area contributed by atoms with Gasteiger partial charge in [0.25, 0.3) is 0 Å². The van der Waals surface area contributed by atoms with Crippen molar-refractivity contribution in [3.05, 3.63) is 54.2 Å². The molecule has 1 atom stereocenters. The number of carbonyl (C=O) groups excluding carboxylic acids is 1. The zero-order chi connectivity index (χ0) is 24.5. The van der Waals surface area contributed by atoms with Crippen molar-refractivity contribution in [2.45, 2.75) is 52.0 Å². The van der Waals surface area contributed by atoms with Gasteiger partial charge in [0.2, 0.25) is 5.91 Å². The van der Waals surface area contributed by atoms with Crippen LogP contribution in [-0.4, -0.2) is 48.2 Å². The molecule has 0 radical (unpaired) electrons. The molecule has 1 fully saturated rings. The first-order chi connectivity index (χ1) is 16.3. The van der Waals surface area contributed by atoms with Crippen LogP contribution in [0.15, 0.2) is 48.7 Å². The van der Waals surface area contributed by atoms with Gasteiger partial charge in [0, 0.05) is 25.6 Å². The van der Waals surface area contributed by atoms with Crippen molar-refractivity contribution in [1.29, 1.82) is 0 Å². The molecule has 1 aromatic carbocycles.